The van der Waals surface area contributed by atoms with E-state index in [0.29, 0.717) is 0 Å². The van der Waals surface area contributed by atoms with Crippen molar-refractivity contribution in [3.8, 4) is 0 Å². The fraction of sp³-hybridized carbons (Fsp3) is 0.600. The van der Waals surface area contributed by atoms with Gasteiger partial charge in [-0.2, -0.15) is 8.78 Å². The van der Waals surface area contributed by atoms with Gasteiger partial charge in [-0.25, -0.2) is 9.18 Å². The zero-order chi connectivity index (χ0) is 9.94. The van der Waals surface area contributed by atoms with E-state index in [4.69, 9.17) is 10.2 Å². The molecule has 1 radical (unpaired) electrons. The molecule has 0 rings (SSSR count). The maximum absolute atomic E-state index is 12.2. The van der Waals surface area contributed by atoms with Crippen LogP contribution in [0.15, 0.2) is 0 Å². The second kappa shape index (κ2) is 5.08. The first kappa shape index (κ1) is 14.8. The van der Waals surface area contributed by atoms with E-state index in [2.05, 4.69) is 0 Å². The predicted octanol–water partition coefficient (Wildman–Crippen LogP) is 0.517. The molecule has 0 aromatic heterocycles. The van der Waals surface area contributed by atoms with Crippen LogP contribution in [0, 0.1) is 0 Å². The number of aliphatic carboxylic acids is 2. The van der Waals surface area contributed by atoms with Crippen molar-refractivity contribution in [2.24, 2.45) is 0 Å². The van der Waals surface area contributed by atoms with Crippen molar-refractivity contribution in [2.45, 2.75) is 18.5 Å². The standard InChI is InChI=1S/C5H5F3O4.Cu/c6-2(1-3(9)10)5(7,8)4(11)12;/h2H,1H2,(H,9,10)(H,11,12);. The van der Waals surface area contributed by atoms with Crippen molar-refractivity contribution >= 4 is 11.9 Å². The van der Waals surface area contributed by atoms with E-state index in [1.165, 1.54) is 0 Å². The third-order valence-corrected chi connectivity index (χ3v) is 1.03. The Morgan fingerprint density at radius 2 is 1.69 bits per heavy atom. The van der Waals surface area contributed by atoms with Gasteiger partial charge in [0.25, 0.3) is 0 Å². The number of carbonyl (C=O) groups is 2. The maximum atomic E-state index is 12.2. The summed E-state index contributed by atoms with van der Waals surface area (Å²) in [4.78, 5) is 19.4. The third-order valence-electron chi connectivity index (χ3n) is 1.03. The molecule has 0 saturated carbocycles. The molecule has 0 aliphatic carbocycles. The van der Waals surface area contributed by atoms with Gasteiger partial charge >= 0.3 is 17.9 Å². The average molecular weight is 250 g/mol. The molecule has 0 aliphatic heterocycles. The minimum Gasteiger partial charge on any atom is -0.481 e. The summed E-state index contributed by atoms with van der Waals surface area (Å²) in [5.41, 5.74) is 0. The molecule has 0 aromatic rings. The second-order valence-corrected chi connectivity index (χ2v) is 1.99. The topological polar surface area (TPSA) is 74.6 Å². The van der Waals surface area contributed by atoms with E-state index in [9.17, 15) is 22.8 Å². The van der Waals surface area contributed by atoms with Crippen LogP contribution in [0.2, 0.25) is 0 Å². The van der Waals surface area contributed by atoms with Crippen molar-refractivity contribution < 1.29 is 50.0 Å². The Morgan fingerprint density at radius 3 is 1.92 bits per heavy atom. The molecule has 8 heteroatoms. The molecular weight excluding hydrogens is 245 g/mol. The number of carboxylic acids is 2. The first-order chi connectivity index (χ1) is 5.28. The van der Waals surface area contributed by atoms with Gasteiger partial charge in [-0.3, -0.25) is 4.79 Å². The van der Waals surface area contributed by atoms with Crippen molar-refractivity contribution in [3.05, 3.63) is 0 Å². The van der Waals surface area contributed by atoms with Gasteiger partial charge in [-0.15, -0.1) is 0 Å². The van der Waals surface area contributed by atoms with Crippen LogP contribution in [0.3, 0.4) is 0 Å². The molecule has 0 spiro atoms. The molecule has 0 aliphatic rings. The van der Waals surface area contributed by atoms with Crippen LogP contribution >= 0.6 is 0 Å². The molecule has 81 valence electrons. The minimum absolute atomic E-state index is 0. The Kier molecular flexibility index (Phi) is 5.77. The Balaban J connectivity index is 0. The zero-order valence-electron chi connectivity index (χ0n) is 5.93. The number of hydrogen-bond donors (Lipinski definition) is 2. The fourth-order valence-electron chi connectivity index (χ4n) is 0.415. The number of halogens is 3. The second-order valence-electron chi connectivity index (χ2n) is 1.99. The Labute approximate surface area is 81.2 Å². The molecule has 1 atom stereocenters. The summed E-state index contributed by atoms with van der Waals surface area (Å²) in [6, 6.07) is 0. The molecule has 0 aromatic carbocycles. The molecule has 0 amide bonds. The number of carboxylic acid groups (broad SMARTS) is 2. The third kappa shape index (κ3) is 4.14. The molecule has 0 fully saturated rings. The average Bonchev–Trinajstić information content (AvgIpc) is 1.85. The number of rotatable bonds is 4. The van der Waals surface area contributed by atoms with Gasteiger partial charge in [0.15, 0.2) is 6.17 Å². The van der Waals surface area contributed by atoms with Crippen LogP contribution in [-0.2, 0) is 26.7 Å². The van der Waals surface area contributed by atoms with Gasteiger partial charge in [0.2, 0.25) is 0 Å². The fourth-order valence-corrected chi connectivity index (χ4v) is 0.415. The number of hydrogen-bond acceptors (Lipinski definition) is 2. The Bertz CT molecular complexity index is 208. The zero-order valence-corrected chi connectivity index (χ0v) is 6.87. The van der Waals surface area contributed by atoms with E-state index in [1.807, 2.05) is 0 Å². The summed E-state index contributed by atoms with van der Waals surface area (Å²) >= 11 is 0. The summed E-state index contributed by atoms with van der Waals surface area (Å²) in [6.45, 7) is 0. The van der Waals surface area contributed by atoms with Crippen LogP contribution < -0.4 is 0 Å². The number of alkyl halides is 3. The van der Waals surface area contributed by atoms with Crippen molar-refractivity contribution in [3.63, 3.8) is 0 Å². The minimum atomic E-state index is -4.64. The summed E-state index contributed by atoms with van der Waals surface area (Å²) < 4.78 is 36.3. The summed E-state index contributed by atoms with van der Waals surface area (Å²) in [6.07, 6.45) is -4.73. The van der Waals surface area contributed by atoms with Gasteiger partial charge in [0.1, 0.15) is 0 Å². The van der Waals surface area contributed by atoms with E-state index in [-0.39, 0.29) is 17.1 Å². The predicted molar refractivity (Wildman–Crippen MR) is 29.7 cm³/mol. The maximum Gasteiger partial charge on any atom is 0.377 e. The van der Waals surface area contributed by atoms with Gasteiger partial charge in [-0.1, -0.05) is 0 Å². The van der Waals surface area contributed by atoms with Crippen molar-refractivity contribution in [1.82, 2.24) is 0 Å². The van der Waals surface area contributed by atoms with Crippen LogP contribution in [0.1, 0.15) is 6.42 Å². The van der Waals surface area contributed by atoms with Gasteiger partial charge in [0, 0.05) is 17.1 Å². The van der Waals surface area contributed by atoms with E-state index in [1.54, 1.807) is 0 Å². The van der Waals surface area contributed by atoms with E-state index < -0.39 is 30.5 Å². The van der Waals surface area contributed by atoms with E-state index in [0.717, 1.165) is 0 Å². The van der Waals surface area contributed by atoms with Gasteiger partial charge < -0.3 is 10.2 Å². The Morgan fingerprint density at radius 1 is 1.31 bits per heavy atom. The van der Waals surface area contributed by atoms with Crippen LogP contribution in [0.25, 0.3) is 0 Å². The first-order valence-electron chi connectivity index (χ1n) is 2.75. The molecule has 2 N–H and O–H groups in total. The quantitative estimate of drug-likeness (QED) is 0.712. The first-order valence-corrected chi connectivity index (χ1v) is 2.75. The molecule has 0 bridgehead atoms. The van der Waals surface area contributed by atoms with Gasteiger partial charge in [-0.05, 0) is 0 Å². The van der Waals surface area contributed by atoms with Crippen LogP contribution in [0.4, 0.5) is 13.2 Å². The van der Waals surface area contributed by atoms with E-state index >= 15 is 0 Å². The smallest absolute Gasteiger partial charge is 0.377 e. The molecule has 0 saturated heterocycles. The Hall–Kier alpha value is -0.751. The molecule has 1 unspecified atom stereocenters. The SMILES string of the molecule is O=C(O)CC(F)C(F)(F)C(=O)O.[Cu]. The van der Waals surface area contributed by atoms with Crippen molar-refractivity contribution in [1.29, 1.82) is 0 Å². The summed E-state index contributed by atoms with van der Waals surface area (Å²) in [5, 5.41) is 15.6. The molecule has 4 nitrogen and oxygen atoms in total. The van der Waals surface area contributed by atoms with Crippen LogP contribution in [0.5, 0.6) is 0 Å². The van der Waals surface area contributed by atoms with Gasteiger partial charge in [0.05, 0.1) is 6.42 Å². The summed E-state index contributed by atoms with van der Waals surface area (Å²) in [7, 11) is 0. The molecule has 13 heavy (non-hydrogen) atoms. The van der Waals surface area contributed by atoms with Crippen molar-refractivity contribution in [2.75, 3.05) is 0 Å². The van der Waals surface area contributed by atoms with Crippen LogP contribution in [-0.4, -0.2) is 34.2 Å². The summed E-state index contributed by atoms with van der Waals surface area (Å²) in [5.74, 6) is -9.13. The largest absolute Gasteiger partial charge is 0.481 e. The monoisotopic (exact) mass is 249 g/mol. The normalized spacial score (nSPS) is 12.8. The molecule has 0 heterocycles. The molecular formula is C5H5CuF3O4.